The van der Waals surface area contributed by atoms with Gasteiger partial charge in [-0.25, -0.2) is 0 Å². The predicted octanol–water partition coefficient (Wildman–Crippen LogP) is -0.313. The van der Waals surface area contributed by atoms with E-state index in [9.17, 15) is 9.59 Å². The predicted molar refractivity (Wildman–Crippen MR) is 112 cm³/mol. The maximum absolute atomic E-state index is 12.3. The minimum absolute atomic E-state index is 0.102. The van der Waals surface area contributed by atoms with Crippen molar-refractivity contribution in [1.29, 1.82) is 0 Å². The second kappa shape index (κ2) is 9.04. The zero-order valence-corrected chi connectivity index (χ0v) is 17.0. The van der Waals surface area contributed by atoms with Crippen molar-refractivity contribution >= 4 is 17.5 Å². The van der Waals surface area contributed by atoms with Crippen LogP contribution in [0.1, 0.15) is 5.56 Å². The molecule has 2 amide bonds. The molecule has 8 heteroatoms. The lowest BCUT2D eigenvalue weighted by atomic mass is 10.1. The van der Waals surface area contributed by atoms with E-state index >= 15 is 0 Å². The van der Waals surface area contributed by atoms with Gasteiger partial charge >= 0.3 is 0 Å². The average Bonchev–Trinajstić information content (AvgIpc) is 2.78. The molecule has 2 aromatic carbocycles. The summed E-state index contributed by atoms with van der Waals surface area (Å²) in [7, 11) is 0. The van der Waals surface area contributed by atoms with Gasteiger partial charge in [-0.3, -0.25) is 20.4 Å². The van der Waals surface area contributed by atoms with Crippen molar-refractivity contribution in [2.75, 3.05) is 44.2 Å². The molecule has 0 aliphatic carbocycles. The van der Waals surface area contributed by atoms with Crippen LogP contribution in [0.4, 0.5) is 5.69 Å². The number of para-hydroxylation sites is 3. The lowest BCUT2D eigenvalue weighted by molar-refractivity contribution is -0.892. The Kier molecular flexibility index (Phi) is 6.04. The van der Waals surface area contributed by atoms with E-state index in [-0.39, 0.29) is 12.5 Å². The summed E-state index contributed by atoms with van der Waals surface area (Å²) in [5.74, 6) is 0.474. The standard InChI is InChI=1S/C22H26N4O4/c1-16-6-2-3-7-17(16)26-12-10-25(11-13-26)14-21(27)23-24-22(28)20-15-29-18-8-4-5-9-19(18)30-20/h2-9,20H,10-15H2,1H3,(H,23,27)(H,24,28)/p+1/t20-/m0/s1. The highest BCUT2D eigenvalue weighted by Crippen LogP contribution is 2.30. The smallest absolute Gasteiger partial charge is 0.293 e. The van der Waals surface area contributed by atoms with Crippen LogP contribution in [-0.4, -0.2) is 57.2 Å². The van der Waals surface area contributed by atoms with E-state index in [1.165, 1.54) is 16.2 Å². The average molecular weight is 411 g/mol. The number of hydrogen-bond donors (Lipinski definition) is 3. The molecule has 30 heavy (non-hydrogen) atoms. The van der Waals surface area contributed by atoms with Gasteiger partial charge in [0.05, 0.1) is 26.2 Å². The Bertz CT molecular complexity index is 912. The van der Waals surface area contributed by atoms with Crippen LogP contribution in [0, 0.1) is 6.92 Å². The summed E-state index contributed by atoms with van der Waals surface area (Å²) in [5, 5.41) is 0. The Hall–Kier alpha value is -3.26. The number of hydrazine groups is 1. The summed E-state index contributed by atoms with van der Waals surface area (Å²) in [6.45, 7) is 6.05. The van der Waals surface area contributed by atoms with Gasteiger partial charge in [0.25, 0.3) is 11.8 Å². The van der Waals surface area contributed by atoms with Gasteiger partial charge in [0.15, 0.2) is 18.0 Å². The second-order valence-corrected chi connectivity index (χ2v) is 7.60. The number of anilines is 1. The van der Waals surface area contributed by atoms with E-state index in [0.717, 1.165) is 26.2 Å². The van der Waals surface area contributed by atoms with Crippen LogP contribution < -0.4 is 30.1 Å². The highest BCUT2D eigenvalue weighted by molar-refractivity contribution is 5.85. The zero-order valence-electron chi connectivity index (χ0n) is 17.0. The molecule has 0 aromatic heterocycles. The first-order valence-electron chi connectivity index (χ1n) is 10.2. The molecule has 4 rings (SSSR count). The molecule has 158 valence electrons. The topological polar surface area (TPSA) is 84.3 Å². The Labute approximate surface area is 175 Å². The molecule has 2 heterocycles. The molecule has 8 nitrogen and oxygen atoms in total. The van der Waals surface area contributed by atoms with Crippen molar-refractivity contribution in [1.82, 2.24) is 10.9 Å². The number of aryl methyl sites for hydroxylation is 1. The quantitative estimate of drug-likeness (QED) is 0.601. The van der Waals surface area contributed by atoms with Crippen LogP contribution in [0.5, 0.6) is 11.5 Å². The molecule has 0 saturated carbocycles. The maximum Gasteiger partial charge on any atom is 0.293 e. The molecule has 1 atom stereocenters. The lowest BCUT2D eigenvalue weighted by Gasteiger charge is -2.34. The summed E-state index contributed by atoms with van der Waals surface area (Å²) < 4.78 is 11.2. The van der Waals surface area contributed by atoms with Gasteiger partial charge in [0.2, 0.25) is 6.10 Å². The van der Waals surface area contributed by atoms with Crippen molar-refractivity contribution in [3.8, 4) is 11.5 Å². The Balaban J connectivity index is 1.19. The van der Waals surface area contributed by atoms with E-state index < -0.39 is 12.0 Å². The summed E-state index contributed by atoms with van der Waals surface area (Å²) in [6, 6.07) is 15.5. The Morgan fingerprint density at radius 3 is 2.50 bits per heavy atom. The monoisotopic (exact) mass is 411 g/mol. The number of piperazine rings is 1. The maximum atomic E-state index is 12.3. The number of carbonyl (C=O) groups excluding carboxylic acids is 2. The largest absolute Gasteiger partial charge is 0.485 e. The van der Waals surface area contributed by atoms with Crippen LogP contribution in [0.2, 0.25) is 0 Å². The van der Waals surface area contributed by atoms with Crippen molar-refractivity contribution in [3.63, 3.8) is 0 Å². The van der Waals surface area contributed by atoms with E-state index in [0.29, 0.717) is 18.0 Å². The molecule has 0 radical (unpaired) electrons. The number of amides is 2. The number of hydrogen-bond acceptors (Lipinski definition) is 5. The Morgan fingerprint density at radius 1 is 1.03 bits per heavy atom. The molecule has 2 aliphatic rings. The van der Waals surface area contributed by atoms with E-state index in [1.807, 2.05) is 18.2 Å². The highest BCUT2D eigenvalue weighted by atomic mass is 16.6. The van der Waals surface area contributed by atoms with Gasteiger partial charge in [-0.15, -0.1) is 0 Å². The van der Waals surface area contributed by atoms with Crippen molar-refractivity contribution in [2.45, 2.75) is 13.0 Å². The molecular weight excluding hydrogens is 384 g/mol. The molecule has 2 aromatic rings. The van der Waals surface area contributed by atoms with Crippen LogP contribution in [-0.2, 0) is 9.59 Å². The number of ether oxygens (including phenoxy) is 2. The fraction of sp³-hybridized carbons (Fsp3) is 0.364. The zero-order chi connectivity index (χ0) is 20.9. The van der Waals surface area contributed by atoms with E-state index in [2.05, 4.69) is 40.9 Å². The third-order valence-electron chi connectivity index (χ3n) is 5.46. The van der Waals surface area contributed by atoms with Crippen LogP contribution in [0.25, 0.3) is 0 Å². The minimum Gasteiger partial charge on any atom is -0.485 e. The van der Waals surface area contributed by atoms with Gasteiger partial charge in [0, 0.05) is 5.69 Å². The van der Waals surface area contributed by atoms with Gasteiger partial charge in [-0.05, 0) is 30.7 Å². The molecule has 2 aliphatic heterocycles. The number of benzene rings is 2. The normalized spacial score (nSPS) is 18.6. The second-order valence-electron chi connectivity index (χ2n) is 7.60. The van der Waals surface area contributed by atoms with Gasteiger partial charge in [-0.1, -0.05) is 30.3 Å². The molecule has 3 N–H and O–H groups in total. The molecule has 0 unspecified atom stereocenters. The van der Waals surface area contributed by atoms with Crippen molar-refractivity contribution in [3.05, 3.63) is 54.1 Å². The molecule has 1 fully saturated rings. The number of nitrogens with zero attached hydrogens (tertiary/aromatic N) is 1. The third kappa shape index (κ3) is 4.65. The molecular formula is C22H27N4O4+. The number of nitrogens with one attached hydrogen (secondary N) is 3. The van der Waals surface area contributed by atoms with E-state index in [4.69, 9.17) is 9.47 Å². The van der Waals surface area contributed by atoms with E-state index in [1.54, 1.807) is 12.1 Å². The lowest BCUT2D eigenvalue weighted by Crippen LogP contribution is -3.16. The van der Waals surface area contributed by atoms with Gasteiger partial charge < -0.3 is 19.3 Å². The van der Waals surface area contributed by atoms with Crippen LogP contribution in [0.3, 0.4) is 0 Å². The summed E-state index contributed by atoms with van der Waals surface area (Å²) in [4.78, 5) is 28.1. The number of rotatable bonds is 4. The molecule has 0 spiro atoms. The minimum atomic E-state index is -0.801. The first-order chi connectivity index (χ1) is 14.6. The van der Waals surface area contributed by atoms with Crippen LogP contribution in [0.15, 0.2) is 48.5 Å². The molecule has 0 bridgehead atoms. The number of carbonyl (C=O) groups is 2. The fourth-order valence-corrected chi connectivity index (χ4v) is 3.79. The van der Waals surface area contributed by atoms with Crippen molar-refractivity contribution in [2.24, 2.45) is 0 Å². The number of fused-ring (bicyclic) bond motifs is 1. The van der Waals surface area contributed by atoms with Crippen molar-refractivity contribution < 1.29 is 24.0 Å². The summed E-state index contributed by atoms with van der Waals surface area (Å²) in [6.07, 6.45) is -0.801. The van der Waals surface area contributed by atoms with Crippen LogP contribution >= 0.6 is 0 Å². The fourth-order valence-electron chi connectivity index (χ4n) is 3.79. The number of quaternary nitrogens is 1. The highest BCUT2D eigenvalue weighted by Gasteiger charge is 2.28. The van der Waals surface area contributed by atoms with Gasteiger partial charge in [0.1, 0.15) is 6.61 Å². The summed E-state index contributed by atoms with van der Waals surface area (Å²) in [5.41, 5.74) is 7.46. The van der Waals surface area contributed by atoms with Gasteiger partial charge in [-0.2, -0.15) is 0 Å². The first kappa shape index (κ1) is 20.0. The Morgan fingerprint density at radius 2 is 1.73 bits per heavy atom. The molecule has 1 saturated heterocycles. The SMILES string of the molecule is Cc1ccccc1N1CC[NH+](CC(=O)NNC(=O)[C@@H]2COc3ccccc3O2)CC1. The summed E-state index contributed by atoms with van der Waals surface area (Å²) >= 11 is 0. The third-order valence-corrected chi connectivity index (χ3v) is 5.46. The first-order valence-corrected chi connectivity index (χ1v) is 10.2.